The van der Waals surface area contributed by atoms with Gasteiger partial charge >= 0.3 is 0 Å². The van der Waals surface area contributed by atoms with E-state index in [4.69, 9.17) is 9.84 Å². The molecule has 2 nitrogen and oxygen atoms in total. The van der Waals surface area contributed by atoms with Crippen LogP contribution in [0.1, 0.15) is 13.8 Å². The Morgan fingerprint density at radius 2 is 1.64 bits per heavy atom. The molecule has 0 aliphatic heterocycles. The maximum Gasteiger partial charge on any atom is 0.129 e. The minimum absolute atomic E-state index is 0.0795. The van der Waals surface area contributed by atoms with Crippen molar-refractivity contribution in [1.29, 1.82) is 0 Å². The van der Waals surface area contributed by atoms with Crippen LogP contribution in [0.3, 0.4) is 0 Å². The lowest BCUT2D eigenvalue weighted by Gasteiger charge is -2.17. The second kappa shape index (κ2) is 4.37. The van der Waals surface area contributed by atoms with Gasteiger partial charge in [0.05, 0.1) is 6.10 Å². The van der Waals surface area contributed by atoms with Crippen LogP contribution in [-0.2, 0) is 0 Å². The van der Waals surface area contributed by atoms with Crippen molar-refractivity contribution in [1.82, 2.24) is 0 Å². The highest BCUT2D eigenvalue weighted by Gasteiger charge is 2.11. The predicted molar refractivity (Wildman–Crippen MR) is 48.1 cm³/mol. The Kier molecular flexibility index (Phi) is 3.41. The molecule has 0 spiro atoms. The molecule has 1 N–H and O–H groups in total. The van der Waals surface area contributed by atoms with Crippen molar-refractivity contribution in [2.75, 3.05) is 0 Å². The maximum absolute atomic E-state index is 12.7. The molecular formula is C10H12F2O2. The van der Waals surface area contributed by atoms with Crippen LogP contribution < -0.4 is 4.74 Å². The average Bonchev–Trinajstić information content (AvgIpc) is 2.01. The molecular weight excluding hydrogens is 190 g/mol. The van der Waals surface area contributed by atoms with Gasteiger partial charge in [-0.05, 0) is 13.8 Å². The quantitative estimate of drug-likeness (QED) is 0.813. The molecule has 0 fully saturated rings. The van der Waals surface area contributed by atoms with Crippen LogP contribution >= 0.6 is 0 Å². The first kappa shape index (κ1) is 10.9. The molecule has 4 heteroatoms. The third kappa shape index (κ3) is 2.96. The highest BCUT2D eigenvalue weighted by molar-refractivity contribution is 5.24. The van der Waals surface area contributed by atoms with Gasteiger partial charge in [-0.2, -0.15) is 0 Å². The van der Waals surface area contributed by atoms with Crippen LogP contribution in [0.15, 0.2) is 18.2 Å². The van der Waals surface area contributed by atoms with E-state index in [2.05, 4.69) is 0 Å². The van der Waals surface area contributed by atoms with E-state index in [9.17, 15) is 8.78 Å². The Labute approximate surface area is 81.1 Å². The fourth-order valence-corrected chi connectivity index (χ4v) is 0.910. The zero-order chi connectivity index (χ0) is 10.7. The predicted octanol–water partition coefficient (Wildman–Crippen LogP) is 2.11. The summed E-state index contributed by atoms with van der Waals surface area (Å²) in [5.74, 6) is -1.31. The first-order valence-corrected chi connectivity index (χ1v) is 4.30. The van der Waals surface area contributed by atoms with Crippen LogP contribution in [0.4, 0.5) is 8.78 Å². The first-order valence-electron chi connectivity index (χ1n) is 4.30. The number of aliphatic hydroxyl groups excluding tert-OH is 1. The van der Waals surface area contributed by atoms with Crippen molar-refractivity contribution in [3.8, 4) is 5.75 Å². The molecule has 78 valence electrons. The van der Waals surface area contributed by atoms with E-state index in [1.807, 2.05) is 0 Å². The average molecular weight is 202 g/mol. The van der Waals surface area contributed by atoms with Crippen LogP contribution in [0.5, 0.6) is 5.75 Å². The second-order valence-corrected chi connectivity index (χ2v) is 3.17. The minimum Gasteiger partial charge on any atom is -0.488 e. The molecule has 1 aromatic carbocycles. The van der Waals surface area contributed by atoms with Crippen LogP contribution in [0.2, 0.25) is 0 Å². The van der Waals surface area contributed by atoms with E-state index in [1.165, 1.54) is 0 Å². The van der Waals surface area contributed by atoms with Gasteiger partial charge in [-0.1, -0.05) is 0 Å². The number of benzene rings is 1. The highest BCUT2D eigenvalue weighted by Crippen LogP contribution is 2.17. The van der Waals surface area contributed by atoms with E-state index in [-0.39, 0.29) is 5.75 Å². The van der Waals surface area contributed by atoms with Gasteiger partial charge in [-0.25, -0.2) is 8.78 Å². The van der Waals surface area contributed by atoms with E-state index >= 15 is 0 Å². The summed E-state index contributed by atoms with van der Waals surface area (Å²) >= 11 is 0. The third-order valence-electron chi connectivity index (χ3n) is 1.84. The van der Waals surface area contributed by atoms with Crippen molar-refractivity contribution in [2.45, 2.75) is 26.1 Å². The Balaban J connectivity index is 2.76. The summed E-state index contributed by atoms with van der Waals surface area (Å²) in [5, 5.41) is 9.11. The molecule has 0 aliphatic carbocycles. The van der Waals surface area contributed by atoms with Crippen LogP contribution in [-0.4, -0.2) is 17.3 Å². The second-order valence-electron chi connectivity index (χ2n) is 3.17. The molecule has 0 aliphatic rings. The SMILES string of the molecule is CC(Oc1cc(F)cc(F)c1)[C@H](C)O. The fraction of sp³-hybridized carbons (Fsp3) is 0.400. The first-order chi connectivity index (χ1) is 6.49. The van der Waals surface area contributed by atoms with E-state index in [1.54, 1.807) is 13.8 Å². The molecule has 1 rings (SSSR count). The monoisotopic (exact) mass is 202 g/mol. The maximum atomic E-state index is 12.7. The van der Waals surface area contributed by atoms with Gasteiger partial charge in [-0.15, -0.1) is 0 Å². The standard InChI is InChI=1S/C10H12F2O2/c1-6(13)7(2)14-10-4-8(11)3-9(12)5-10/h3-7,13H,1-2H3/t6-,7?/m0/s1. The number of hydrogen-bond acceptors (Lipinski definition) is 2. The number of hydrogen-bond donors (Lipinski definition) is 1. The molecule has 0 bridgehead atoms. The highest BCUT2D eigenvalue weighted by atomic mass is 19.1. The number of halogens is 2. The molecule has 0 heterocycles. The van der Waals surface area contributed by atoms with Gasteiger partial charge < -0.3 is 9.84 Å². The molecule has 0 saturated heterocycles. The van der Waals surface area contributed by atoms with Crippen molar-refractivity contribution >= 4 is 0 Å². The fourth-order valence-electron chi connectivity index (χ4n) is 0.910. The zero-order valence-electron chi connectivity index (χ0n) is 8.00. The lowest BCUT2D eigenvalue weighted by atomic mass is 10.2. The van der Waals surface area contributed by atoms with Crippen molar-refractivity contribution in [2.24, 2.45) is 0 Å². The number of aliphatic hydroxyl groups is 1. The van der Waals surface area contributed by atoms with Gasteiger partial charge in [0, 0.05) is 18.2 Å². The van der Waals surface area contributed by atoms with Crippen molar-refractivity contribution in [3.63, 3.8) is 0 Å². The lowest BCUT2D eigenvalue weighted by molar-refractivity contribution is 0.0600. The molecule has 2 atom stereocenters. The molecule has 14 heavy (non-hydrogen) atoms. The minimum atomic E-state index is -0.696. The van der Waals surface area contributed by atoms with Gasteiger partial charge in [-0.3, -0.25) is 0 Å². The largest absolute Gasteiger partial charge is 0.488 e. The van der Waals surface area contributed by atoms with Gasteiger partial charge in [0.15, 0.2) is 0 Å². The van der Waals surface area contributed by atoms with Crippen molar-refractivity contribution < 1.29 is 18.6 Å². The Hall–Kier alpha value is -1.16. The normalized spacial score (nSPS) is 14.9. The lowest BCUT2D eigenvalue weighted by Crippen LogP contribution is -2.25. The summed E-state index contributed by atoms with van der Waals surface area (Å²) in [7, 11) is 0. The molecule has 0 radical (unpaired) electrons. The Morgan fingerprint density at radius 3 is 2.07 bits per heavy atom. The van der Waals surface area contributed by atoms with Gasteiger partial charge in [0.2, 0.25) is 0 Å². The smallest absolute Gasteiger partial charge is 0.129 e. The molecule has 0 amide bonds. The summed E-state index contributed by atoms with van der Waals surface area (Å²) in [4.78, 5) is 0. The summed E-state index contributed by atoms with van der Waals surface area (Å²) in [6, 6.07) is 2.91. The van der Waals surface area contributed by atoms with Gasteiger partial charge in [0.25, 0.3) is 0 Å². The Morgan fingerprint density at radius 1 is 1.14 bits per heavy atom. The topological polar surface area (TPSA) is 29.5 Å². The van der Waals surface area contributed by atoms with Crippen LogP contribution in [0.25, 0.3) is 0 Å². The van der Waals surface area contributed by atoms with Crippen molar-refractivity contribution in [3.05, 3.63) is 29.8 Å². The zero-order valence-corrected chi connectivity index (χ0v) is 8.00. The summed E-state index contributed by atoms with van der Waals surface area (Å²) in [5.41, 5.74) is 0. The number of rotatable bonds is 3. The molecule has 0 aromatic heterocycles. The summed E-state index contributed by atoms with van der Waals surface area (Å²) in [6.45, 7) is 3.16. The number of ether oxygens (including phenoxy) is 1. The molecule has 0 saturated carbocycles. The van der Waals surface area contributed by atoms with E-state index in [0.29, 0.717) is 0 Å². The Bertz CT molecular complexity index is 293. The van der Waals surface area contributed by atoms with Gasteiger partial charge in [0.1, 0.15) is 23.5 Å². The summed E-state index contributed by atoms with van der Waals surface area (Å²) < 4.78 is 30.5. The third-order valence-corrected chi connectivity index (χ3v) is 1.84. The van der Waals surface area contributed by atoms with Crippen LogP contribution in [0, 0.1) is 11.6 Å². The summed E-state index contributed by atoms with van der Waals surface area (Å²) in [6.07, 6.45) is -1.20. The van der Waals surface area contributed by atoms with E-state index < -0.39 is 23.8 Å². The van der Waals surface area contributed by atoms with E-state index in [0.717, 1.165) is 18.2 Å². The molecule has 1 unspecified atom stereocenters. The molecule has 1 aromatic rings.